The minimum absolute atomic E-state index is 0.481. The SMILES string of the molecule is CCNC(C)C(C)N(C)Cc1ccccc1OC. The molecule has 0 aliphatic rings. The number of rotatable bonds is 7. The number of hydrogen-bond acceptors (Lipinski definition) is 3. The molecule has 0 bridgehead atoms. The van der Waals surface area contributed by atoms with Crippen molar-refractivity contribution in [1.29, 1.82) is 0 Å². The summed E-state index contributed by atoms with van der Waals surface area (Å²) in [6.07, 6.45) is 0. The van der Waals surface area contributed by atoms with Gasteiger partial charge in [-0.15, -0.1) is 0 Å². The highest BCUT2D eigenvalue weighted by atomic mass is 16.5. The van der Waals surface area contributed by atoms with Crippen molar-refractivity contribution in [2.45, 2.75) is 39.4 Å². The first-order valence-corrected chi connectivity index (χ1v) is 6.65. The van der Waals surface area contributed by atoms with Gasteiger partial charge in [-0.25, -0.2) is 0 Å². The average Bonchev–Trinajstić information content (AvgIpc) is 2.38. The number of likely N-dealkylation sites (N-methyl/N-ethyl adjacent to an activating group) is 2. The molecule has 0 amide bonds. The molecule has 2 atom stereocenters. The summed E-state index contributed by atoms with van der Waals surface area (Å²) in [7, 11) is 3.88. The number of nitrogens with zero attached hydrogens (tertiary/aromatic N) is 1. The van der Waals surface area contributed by atoms with E-state index in [0.29, 0.717) is 12.1 Å². The van der Waals surface area contributed by atoms with E-state index < -0.39 is 0 Å². The van der Waals surface area contributed by atoms with E-state index in [4.69, 9.17) is 4.74 Å². The second-order valence-electron chi connectivity index (χ2n) is 4.81. The van der Waals surface area contributed by atoms with Crippen LogP contribution in [0.1, 0.15) is 26.3 Å². The molecule has 2 unspecified atom stereocenters. The minimum Gasteiger partial charge on any atom is -0.496 e. The highest BCUT2D eigenvalue weighted by molar-refractivity contribution is 5.33. The van der Waals surface area contributed by atoms with Crippen molar-refractivity contribution in [1.82, 2.24) is 10.2 Å². The normalized spacial score (nSPS) is 14.6. The zero-order valence-electron chi connectivity index (χ0n) is 12.2. The Kier molecular flexibility index (Phi) is 6.16. The molecule has 0 fully saturated rings. The van der Waals surface area contributed by atoms with Crippen molar-refractivity contribution in [3.05, 3.63) is 29.8 Å². The predicted molar refractivity (Wildman–Crippen MR) is 77.1 cm³/mol. The van der Waals surface area contributed by atoms with Gasteiger partial charge in [-0.2, -0.15) is 0 Å². The van der Waals surface area contributed by atoms with Gasteiger partial charge < -0.3 is 10.1 Å². The van der Waals surface area contributed by atoms with Gasteiger partial charge in [0.1, 0.15) is 5.75 Å². The number of hydrogen-bond donors (Lipinski definition) is 1. The smallest absolute Gasteiger partial charge is 0.123 e. The van der Waals surface area contributed by atoms with Crippen molar-refractivity contribution in [2.75, 3.05) is 20.7 Å². The van der Waals surface area contributed by atoms with Gasteiger partial charge in [0.25, 0.3) is 0 Å². The third kappa shape index (κ3) is 4.00. The van der Waals surface area contributed by atoms with Crippen LogP contribution in [0.15, 0.2) is 24.3 Å². The van der Waals surface area contributed by atoms with Gasteiger partial charge >= 0.3 is 0 Å². The number of nitrogens with one attached hydrogen (secondary N) is 1. The molecule has 1 N–H and O–H groups in total. The van der Waals surface area contributed by atoms with Gasteiger partial charge in [-0.1, -0.05) is 25.1 Å². The maximum Gasteiger partial charge on any atom is 0.123 e. The molecule has 1 rings (SSSR count). The highest BCUT2D eigenvalue weighted by Crippen LogP contribution is 2.19. The predicted octanol–water partition coefficient (Wildman–Crippen LogP) is 2.51. The Morgan fingerprint density at radius 1 is 1.28 bits per heavy atom. The van der Waals surface area contributed by atoms with E-state index in [2.05, 4.69) is 50.2 Å². The lowest BCUT2D eigenvalue weighted by Crippen LogP contribution is -2.44. The van der Waals surface area contributed by atoms with Gasteiger partial charge in [0.15, 0.2) is 0 Å². The molecule has 0 saturated heterocycles. The van der Waals surface area contributed by atoms with E-state index in [9.17, 15) is 0 Å². The van der Waals surface area contributed by atoms with Crippen molar-refractivity contribution >= 4 is 0 Å². The fraction of sp³-hybridized carbons (Fsp3) is 0.600. The van der Waals surface area contributed by atoms with E-state index >= 15 is 0 Å². The molecule has 3 nitrogen and oxygen atoms in total. The Bertz CT molecular complexity index is 354. The van der Waals surface area contributed by atoms with Crippen LogP contribution in [0.5, 0.6) is 5.75 Å². The molecule has 0 radical (unpaired) electrons. The summed E-state index contributed by atoms with van der Waals surface area (Å²) in [6.45, 7) is 8.54. The maximum atomic E-state index is 5.39. The Hall–Kier alpha value is -1.06. The standard InChI is InChI=1S/C15H26N2O/c1-6-16-12(2)13(3)17(4)11-14-9-7-8-10-15(14)18-5/h7-10,12-13,16H,6,11H2,1-5H3. The number of methoxy groups -OCH3 is 1. The molecule has 102 valence electrons. The minimum atomic E-state index is 0.481. The van der Waals surface area contributed by atoms with Gasteiger partial charge in [-0.3, -0.25) is 4.90 Å². The van der Waals surface area contributed by atoms with Crippen LogP contribution < -0.4 is 10.1 Å². The average molecular weight is 250 g/mol. The van der Waals surface area contributed by atoms with Gasteiger partial charge in [0.05, 0.1) is 7.11 Å². The lowest BCUT2D eigenvalue weighted by molar-refractivity contribution is 0.205. The van der Waals surface area contributed by atoms with Crippen LogP contribution in [0.4, 0.5) is 0 Å². The fourth-order valence-corrected chi connectivity index (χ4v) is 2.12. The van der Waals surface area contributed by atoms with Crippen LogP contribution in [-0.4, -0.2) is 37.7 Å². The van der Waals surface area contributed by atoms with E-state index in [-0.39, 0.29) is 0 Å². The molecule has 1 aromatic carbocycles. The second-order valence-corrected chi connectivity index (χ2v) is 4.81. The Morgan fingerprint density at radius 3 is 2.56 bits per heavy atom. The van der Waals surface area contributed by atoms with E-state index in [1.165, 1.54) is 5.56 Å². The molecule has 0 saturated carbocycles. The van der Waals surface area contributed by atoms with Crippen LogP contribution in [0.25, 0.3) is 0 Å². The number of ether oxygens (including phenoxy) is 1. The van der Waals surface area contributed by atoms with E-state index in [1.807, 2.05) is 12.1 Å². The van der Waals surface area contributed by atoms with Crippen molar-refractivity contribution in [3.8, 4) is 5.75 Å². The molecule has 18 heavy (non-hydrogen) atoms. The largest absolute Gasteiger partial charge is 0.496 e. The Morgan fingerprint density at radius 2 is 1.94 bits per heavy atom. The Balaban J connectivity index is 2.65. The van der Waals surface area contributed by atoms with Gasteiger partial charge in [-0.05, 0) is 33.5 Å². The molecular weight excluding hydrogens is 224 g/mol. The first-order valence-electron chi connectivity index (χ1n) is 6.65. The summed E-state index contributed by atoms with van der Waals surface area (Å²) in [4.78, 5) is 2.35. The van der Waals surface area contributed by atoms with Crippen molar-refractivity contribution in [2.24, 2.45) is 0 Å². The van der Waals surface area contributed by atoms with Crippen molar-refractivity contribution < 1.29 is 4.74 Å². The summed E-state index contributed by atoms with van der Waals surface area (Å²) in [5.74, 6) is 0.965. The zero-order valence-corrected chi connectivity index (χ0v) is 12.2. The molecule has 0 aliphatic heterocycles. The van der Waals surface area contributed by atoms with Crippen LogP contribution in [0.2, 0.25) is 0 Å². The second kappa shape index (κ2) is 7.39. The maximum absolute atomic E-state index is 5.39. The first kappa shape index (κ1) is 15.0. The van der Waals surface area contributed by atoms with Crippen molar-refractivity contribution in [3.63, 3.8) is 0 Å². The van der Waals surface area contributed by atoms with Crippen LogP contribution in [-0.2, 0) is 6.54 Å². The topological polar surface area (TPSA) is 24.5 Å². The summed E-state index contributed by atoms with van der Waals surface area (Å²) in [5, 5.41) is 3.47. The molecule has 0 aliphatic carbocycles. The lowest BCUT2D eigenvalue weighted by Gasteiger charge is -2.30. The van der Waals surface area contributed by atoms with Crippen LogP contribution in [0.3, 0.4) is 0 Å². The third-order valence-corrected chi connectivity index (χ3v) is 3.56. The molecule has 1 aromatic rings. The molecule has 0 spiro atoms. The summed E-state index contributed by atoms with van der Waals surface area (Å²) in [5.41, 5.74) is 1.23. The molecule has 0 heterocycles. The fourth-order valence-electron chi connectivity index (χ4n) is 2.12. The highest BCUT2D eigenvalue weighted by Gasteiger charge is 2.17. The molecule has 0 aromatic heterocycles. The number of benzene rings is 1. The van der Waals surface area contributed by atoms with E-state index in [1.54, 1.807) is 7.11 Å². The van der Waals surface area contributed by atoms with Gasteiger partial charge in [0, 0.05) is 24.2 Å². The summed E-state index contributed by atoms with van der Waals surface area (Å²) < 4.78 is 5.39. The monoisotopic (exact) mass is 250 g/mol. The summed E-state index contributed by atoms with van der Waals surface area (Å²) >= 11 is 0. The van der Waals surface area contributed by atoms with Crippen LogP contribution in [0, 0.1) is 0 Å². The van der Waals surface area contributed by atoms with Gasteiger partial charge in [0.2, 0.25) is 0 Å². The van der Waals surface area contributed by atoms with Crippen LogP contribution >= 0.6 is 0 Å². The lowest BCUT2D eigenvalue weighted by atomic mass is 10.1. The zero-order chi connectivity index (χ0) is 13.5. The molecular formula is C15H26N2O. The Labute approximate surface area is 111 Å². The summed E-state index contributed by atoms with van der Waals surface area (Å²) in [6, 6.07) is 9.17. The van der Waals surface area contributed by atoms with E-state index in [0.717, 1.165) is 18.8 Å². The molecule has 3 heteroatoms. The quantitative estimate of drug-likeness (QED) is 0.805. The number of para-hydroxylation sites is 1. The first-order chi connectivity index (χ1) is 8.60. The third-order valence-electron chi connectivity index (χ3n) is 3.56.